The fourth-order valence-corrected chi connectivity index (χ4v) is 0.429. The molecule has 0 saturated carbocycles. The number of hydrogen-bond donors (Lipinski definition) is 1. The van der Waals surface area contributed by atoms with Crippen LogP contribution in [0.2, 0.25) is 0 Å². The Morgan fingerprint density at radius 1 is 1.62 bits per heavy atom. The summed E-state index contributed by atoms with van der Waals surface area (Å²) in [6.45, 7) is 4.34. The van der Waals surface area contributed by atoms with Gasteiger partial charge in [-0.15, -0.1) is 0 Å². The highest BCUT2D eigenvalue weighted by atomic mass is 16.3. The first-order valence-corrected chi connectivity index (χ1v) is 3.08. The molecule has 0 unspecified atom stereocenters. The van der Waals surface area contributed by atoms with E-state index in [1.54, 1.807) is 0 Å². The van der Waals surface area contributed by atoms with E-state index in [0.717, 1.165) is 6.42 Å². The molecular formula is C7H14O. The predicted octanol–water partition coefficient (Wildman–Crippen LogP) is 1.58. The third-order valence-electron chi connectivity index (χ3n) is 0.988. The van der Waals surface area contributed by atoms with Gasteiger partial charge >= 0.3 is 0 Å². The van der Waals surface area contributed by atoms with Gasteiger partial charge in [0.25, 0.3) is 0 Å². The van der Waals surface area contributed by atoms with Gasteiger partial charge in [-0.05, 0) is 12.3 Å². The van der Waals surface area contributed by atoms with Crippen molar-refractivity contribution in [3.05, 3.63) is 12.2 Å². The summed E-state index contributed by atoms with van der Waals surface area (Å²) in [5.74, 6) is 0.329. The van der Waals surface area contributed by atoms with Crippen molar-refractivity contribution in [2.75, 3.05) is 6.61 Å². The van der Waals surface area contributed by atoms with Crippen molar-refractivity contribution in [3.63, 3.8) is 0 Å². The van der Waals surface area contributed by atoms with Crippen LogP contribution in [0.4, 0.5) is 0 Å². The summed E-state index contributed by atoms with van der Waals surface area (Å²) in [4.78, 5) is 0. The first-order valence-electron chi connectivity index (χ1n) is 3.08. The maximum Gasteiger partial charge on any atom is 0.0491 e. The molecule has 0 amide bonds. The summed E-state index contributed by atoms with van der Waals surface area (Å²) >= 11 is 0. The minimum absolute atomic E-state index is 0.260. The van der Waals surface area contributed by atoms with Gasteiger partial charge in [-0.25, -0.2) is 0 Å². The van der Waals surface area contributed by atoms with E-state index in [-0.39, 0.29) is 6.61 Å². The number of allylic oxidation sites excluding steroid dienone is 1. The highest BCUT2D eigenvalue weighted by Crippen LogP contribution is 1.94. The summed E-state index contributed by atoms with van der Waals surface area (Å²) in [6, 6.07) is 0. The van der Waals surface area contributed by atoms with E-state index in [9.17, 15) is 0 Å². The molecular weight excluding hydrogens is 100 g/mol. The highest BCUT2D eigenvalue weighted by Gasteiger charge is 1.88. The van der Waals surface area contributed by atoms with Crippen molar-refractivity contribution < 1.29 is 5.11 Å². The zero-order valence-electron chi connectivity index (χ0n) is 5.59. The molecule has 0 aliphatic rings. The topological polar surface area (TPSA) is 20.2 Å². The summed E-state index contributed by atoms with van der Waals surface area (Å²) in [5, 5.41) is 8.51. The quantitative estimate of drug-likeness (QED) is 0.552. The molecule has 0 rings (SSSR count). The molecule has 1 heteroatoms. The molecule has 0 bridgehead atoms. The van der Waals surface area contributed by atoms with Gasteiger partial charge in [0.1, 0.15) is 0 Å². The van der Waals surface area contributed by atoms with Gasteiger partial charge in [0.2, 0.25) is 0 Å². The van der Waals surface area contributed by atoms with E-state index in [1.165, 1.54) is 0 Å². The maximum absolute atomic E-state index is 8.51. The molecule has 1 nitrogen and oxygen atoms in total. The zero-order chi connectivity index (χ0) is 6.41. The zero-order valence-corrected chi connectivity index (χ0v) is 5.59. The van der Waals surface area contributed by atoms with Crippen molar-refractivity contribution in [1.29, 1.82) is 0 Å². The van der Waals surface area contributed by atoms with Gasteiger partial charge in [0.05, 0.1) is 0 Å². The molecule has 48 valence electrons. The molecule has 0 radical (unpaired) electrons. The van der Waals surface area contributed by atoms with Crippen molar-refractivity contribution in [2.24, 2.45) is 5.92 Å². The fraction of sp³-hybridized carbons (Fsp3) is 0.714. The van der Waals surface area contributed by atoms with Crippen molar-refractivity contribution in [3.8, 4) is 0 Å². The van der Waals surface area contributed by atoms with Crippen LogP contribution in [0, 0.1) is 5.92 Å². The van der Waals surface area contributed by atoms with Gasteiger partial charge in [-0.1, -0.05) is 26.0 Å². The summed E-state index contributed by atoms with van der Waals surface area (Å²) in [6.07, 6.45) is 5.16. The summed E-state index contributed by atoms with van der Waals surface area (Å²) in [5.41, 5.74) is 0. The van der Waals surface area contributed by atoms with E-state index < -0.39 is 0 Å². The van der Waals surface area contributed by atoms with Gasteiger partial charge < -0.3 is 5.11 Å². The SMILES string of the molecule is CC/C=C/[C@@H](C)CO. The lowest BCUT2D eigenvalue weighted by Crippen LogP contribution is -1.94. The molecule has 1 N–H and O–H groups in total. The third kappa shape index (κ3) is 3.88. The van der Waals surface area contributed by atoms with Crippen molar-refractivity contribution in [2.45, 2.75) is 20.3 Å². The summed E-state index contributed by atoms with van der Waals surface area (Å²) in [7, 11) is 0. The number of hydrogen-bond acceptors (Lipinski definition) is 1. The minimum atomic E-state index is 0.260. The molecule has 0 aliphatic heterocycles. The Balaban J connectivity index is 3.21. The van der Waals surface area contributed by atoms with E-state index in [0.29, 0.717) is 5.92 Å². The Kier molecular flexibility index (Phi) is 4.67. The van der Waals surface area contributed by atoms with Gasteiger partial charge in [0.15, 0.2) is 0 Å². The number of aliphatic hydroxyl groups is 1. The Morgan fingerprint density at radius 3 is 2.62 bits per heavy atom. The predicted molar refractivity (Wildman–Crippen MR) is 35.7 cm³/mol. The van der Waals surface area contributed by atoms with Gasteiger partial charge in [-0.2, -0.15) is 0 Å². The largest absolute Gasteiger partial charge is 0.396 e. The molecule has 0 aromatic carbocycles. The Bertz CT molecular complexity index is 66.8. The average Bonchev–Trinajstić information content (AvgIpc) is 1.83. The molecule has 0 spiro atoms. The molecule has 8 heavy (non-hydrogen) atoms. The second kappa shape index (κ2) is 4.85. The van der Waals surface area contributed by atoms with Crippen LogP contribution in [0.3, 0.4) is 0 Å². The van der Waals surface area contributed by atoms with Crippen LogP contribution in [-0.2, 0) is 0 Å². The first kappa shape index (κ1) is 7.70. The average molecular weight is 114 g/mol. The molecule has 1 atom stereocenters. The van der Waals surface area contributed by atoms with Crippen molar-refractivity contribution >= 4 is 0 Å². The Hall–Kier alpha value is -0.300. The van der Waals surface area contributed by atoms with Crippen LogP contribution in [0.1, 0.15) is 20.3 Å². The monoisotopic (exact) mass is 114 g/mol. The van der Waals surface area contributed by atoms with Crippen LogP contribution in [-0.4, -0.2) is 11.7 Å². The Labute approximate surface area is 51.0 Å². The molecule has 0 fully saturated rings. The molecule has 0 saturated heterocycles. The normalized spacial score (nSPS) is 14.9. The molecule has 0 aromatic rings. The lowest BCUT2D eigenvalue weighted by Gasteiger charge is -1.96. The smallest absolute Gasteiger partial charge is 0.0491 e. The standard InChI is InChI=1S/C7H14O/c1-3-4-5-7(2)6-8/h4-5,7-8H,3,6H2,1-2H3/b5-4+/t7-/m1/s1. The Morgan fingerprint density at radius 2 is 2.25 bits per heavy atom. The minimum Gasteiger partial charge on any atom is -0.396 e. The second-order valence-corrected chi connectivity index (χ2v) is 2.00. The van der Waals surface area contributed by atoms with Crippen LogP contribution < -0.4 is 0 Å². The van der Waals surface area contributed by atoms with Crippen LogP contribution in [0.5, 0.6) is 0 Å². The maximum atomic E-state index is 8.51. The summed E-state index contributed by atoms with van der Waals surface area (Å²) < 4.78 is 0. The lowest BCUT2D eigenvalue weighted by molar-refractivity contribution is 0.262. The fourth-order valence-electron chi connectivity index (χ4n) is 0.429. The van der Waals surface area contributed by atoms with Crippen LogP contribution >= 0.6 is 0 Å². The molecule has 0 aromatic heterocycles. The third-order valence-corrected chi connectivity index (χ3v) is 0.988. The lowest BCUT2D eigenvalue weighted by atomic mass is 10.2. The van der Waals surface area contributed by atoms with Crippen molar-refractivity contribution in [1.82, 2.24) is 0 Å². The van der Waals surface area contributed by atoms with Gasteiger partial charge in [0, 0.05) is 6.61 Å². The van der Waals surface area contributed by atoms with Gasteiger partial charge in [-0.3, -0.25) is 0 Å². The molecule has 0 aliphatic carbocycles. The van der Waals surface area contributed by atoms with E-state index in [1.807, 2.05) is 13.0 Å². The highest BCUT2D eigenvalue weighted by molar-refractivity contribution is 4.84. The van der Waals surface area contributed by atoms with E-state index in [4.69, 9.17) is 5.11 Å². The van der Waals surface area contributed by atoms with E-state index >= 15 is 0 Å². The van der Waals surface area contributed by atoms with E-state index in [2.05, 4.69) is 13.0 Å². The van der Waals surface area contributed by atoms with Crippen LogP contribution in [0.15, 0.2) is 12.2 Å². The number of aliphatic hydroxyl groups excluding tert-OH is 1. The first-order chi connectivity index (χ1) is 3.81. The molecule has 0 heterocycles. The number of rotatable bonds is 3. The van der Waals surface area contributed by atoms with Crippen LogP contribution in [0.25, 0.3) is 0 Å². The second-order valence-electron chi connectivity index (χ2n) is 2.00.